The van der Waals surface area contributed by atoms with Crippen LogP contribution in [0.5, 0.6) is 0 Å². The Morgan fingerprint density at radius 2 is 2.15 bits per heavy atom. The average molecular weight is 193 g/mol. The summed E-state index contributed by atoms with van der Waals surface area (Å²) >= 11 is 1.64. The van der Waals surface area contributed by atoms with Gasteiger partial charge in [-0.15, -0.1) is 0 Å². The fraction of sp³-hybridized carbons (Fsp3) is 0.222. The van der Waals surface area contributed by atoms with Gasteiger partial charge in [0.15, 0.2) is 5.16 Å². The fourth-order valence-corrected chi connectivity index (χ4v) is 1.92. The zero-order valence-electron chi connectivity index (χ0n) is 7.61. The van der Waals surface area contributed by atoms with Crippen LogP contribution in [-0.2, 0) is 0 Å². The van der Waals surface area contributed by atoms with Gasteiger partial charge in [-0.3, -0.25) is 0 Å². The van der Waals surface area contributed by atoms with Crippen molar-refractivity contribution in [2.24, 2.45) is 0 Å². The molecule has 68 valence electrons. The molecule has 0 radical (unpaired) electrons. The number of para-hydroxylation sites is 2. The number of hydrogen-bond donors (Lipinski definition) is 1. The third-order valence-electron chi connectivity index (χ3n) is 1.94. The molecule has 0 fully saturated rings. The number of benzene rings is 1. The van der Waals surface area contributed by atoms with Crippen molar-refractivity contribution in [3.8, 4) is 0 Å². The van der Waals surface area contributed by atoms with E-state index in [9.17, 15) is 0 Å². The summed E-state index contributed by atoms with van der Waals surface area (Å²) in [6, 6.07) is 8.09. The Hall–Kier alpha value is -1.16. The minimum Gasteiger partial charge on any atom is -0.327 e. The first-order valence-corrected chi connectivity index (χ1v) is 5.28. The summed E-state index contributed by atoms with van der Waals surface area (Å²) in [6.07, 6.45) is 2.02. The van der Waals surface area contributed by atoms with Gasteiger partial charge >= 0.3 is 0 Å². The van der Waals surface area contributed by atoms with Gasteiger partial charge in [0, 0.05) is 7.05 Å². The Bertz CT molecular complexity index is 422. The van der Waals surface area contributed by atoms with Crippen LogP contribution in [0.15, 0.2) is 29.4 Å². The van der Waals surface area contributed by atoms with E-state index in [4.69, 9.17) is 0 Å². The van der Waals surface area contributed by atoms with Crippen molar-refractivity contribution in [3.05, 3.63) is 24.3 Å². The summed E-state index contributed by atoms with van der Waals surface area (Å²) in [7, 11) is 1.90. The normalized spacial score (nSPS) is 10.6. The fourth-order valence-electron chi connectivity index (χ4n) is 1.36. The standard InChI is InChI=1S/C9H11N3S/c1-10-12-8-6-4-3-5-7(8)11-9(12)13-2/h3-6,10H,1-2H3. The molecule has 1 heterocycles. The third kappa shape index (κ3) is 1.27. The predicted molar refractivity (Wildman–Crippen MR) is 56.8 cm³/mol. The number of rotatable bonds is 2. The second-order valence-electron chi connectivity index (χ2n) is 2.65. The molecule has 0 aliphatic heterocycles. The number of imidazole rings is 1. The first-order valence-electron chi connectivity index (χ1n) is 4.06. The minimum atomic E-state index is 0.990. The quantitative estimate of drug-likeness (QED) is 0.739. The van der Waals surface area contributed by atoms with E-state index in [1.165, 1.54) is 0 Å². The molecule has 1 N–H and O–H groups in total. The van der Waals surface area contributed by atoms with E-state index < -0.39 is 0 Å². The molecule has 0 unspecified atom stereocenters. The summed E-state index contributed by atoms with van der Waals surface area (Å²) in [4.78, 5) is 4.47. The van der Waals surface area contributed by atoms with Gasteiger partial charge in [0.25, 0.3) is 0 Å². The molecule has 2 aromatic rings. The maximum Gasteiger partial charge on any atom is 0.187 e. The molecule has 0 bridgehead atoms. The van der Waals surface area contributed by atoms with E-state index >= 15 is 0 Å². The van der Waals surface area contributed by atoms with Crippen LogP contribution in [0.2, 0.25) is 0 Å². The zero-order chi connectivity index (χ0) is 9.26. The van der Waals surface area contributed by atoms with Gasteiger partial charge in [-0.25, -0.2) is 9.66 Å². The molecule has 0 spiro atoms. The molecule has 0 amide bonds. The number of hydrogen-bond acceptors (Lipinski definition) is 3. The molecule has 0 saturated carbocycles. The number of thioether (sulfide) groups is 1. The van der Waals surface area contributed by atoms with Crippen molar-refractivity contribution in [1.29, 1.82) is 0 Å². The van der Waals surface area contributed by atoms with Crippen LogP contribution in [0.4, 0.5) is 0 Å². The van der Waals surface area contributed by atoms with E-state index in [1.54, 1.807) is 11.8 Å². The first kappa shape index (κ1) is 8.44. The molecule has 1 aromatic carbocycles. The molecular formula is C9H11N3S. The Kier molecular flexibility index (Phi) is 2.14. The SMILES string of the molecule is CNn1c(SC)nc2ccccc21. The topological polar surface area (TPSA) is 29.9 Å². The number of aromatic nitrogens is 2. The van der Waals surface area contributed by atoms with Gasteiger partial charge in [0.1, 0.15) is 0 Å². The van der Waals surface area contributed by atoms with Crippen molar-refractivity contribution in [1.82, 2.24) is 9.66 Å². The van der Waals surface area contributed by atoms with Crippen molar-refractivity contribution in [2.75, 3.05) is 18.7 Å². The van der Waals surface area contributed by atoms with Crippen molar-refractivity contribution >= 4 is 22.8 Å². The van der Waals surface area contributed by atoms with Crippen LogP contribution in [0.25, 0.3) is 11.0 Å². The zero-order valence-corrected chi connectivity index (χ0v) is 8.43. The van der Waals surface area contributed by atoms with Gasteiger partial charge in [-0.2, -0.15) is 0 Å². The van der Waals surface area contributed by atoms with Gasteiger partial charge in [0.05, 0.1) is 11.0 Å². The Balaban J connectivity index is 2.73. The summed E-state index contributed by atoms with van der Waals surface area (Å²) in [5.74, 6) is 0. The van der Waals surface area contributed by atoms with Crippen LogP contribution < -0.4 is 5.43 Å². The van der Waals surface area contributed by atoms with E-state index in [-0.39, 0.29) is 0 Å². The summed E-state index contributed by atoms with van der Waals surface area (Å²) in [5, 5.41) is 0.990. The lowest BCUT2D eigenvalue weighted by Gasteiger charge is -2.04. The highest BCUT2D eigenvalue weighted by Gasteiger charge is 2.06. The van der Waals surface area contributed by atoms with Crippen LogP contribution in [-0.4, -0.2) is 23.0 Å². The monoisotopic (exact) mass is 193 g/mol. The second kappa shape index (κ2) is 3.30. The Labute approximate surface area is 81.1 Å². The molecular weight excluding hydrogens is 182 g/mol. The lowest BCUT2D eigenvalue weighted by molar-refractivity contribution is 0.829. The first-order chi connectivity index (χ1) is 6.36. The molecule has 2 rings (SSSR count). The largest absolute Gasteiger partial charge is 0.327 e. The third-order valence-corrected chi connectivity index (χ3v) is 2.58. The summed E-state index contributed by atoms with van der Waals surface area (Å²) < 4.78 is 1.99. The van der Waals surface area contributed by atoms with Crippen LogP contribution in [0, 0.1) is 0 Å². The molecule has 4 heteroatoms. The summed E-state index contributed by atoms with van der Waals surface area (Å²) in [6.45, 7) is 0. The molecule has 0 saturated heterocycles. The lowest BCUT2D eigenvalue weighted by Crippen LogP contribution is -2.09. The van der Waals surface area contributed by atoms with Crippen LogP contribution in [0.1, 0.15) is 0 Å². The highest BCUT2D eigenvalue weighted by Crippen LogP contribution is 2.20. The van der Waals surface area contributed by atoms with E-state index in [1.807, 2.05) is 36.2 Å². The molecule has 0 atom stereocenters. The van der Waals surface area contributed by atoms with Gasteiger partial charge in [-0.1, -0.05) is 23.9 Å². The maximum atomic E-state index is 4.47. The van der Waals surface area contributed by atoms with Gasteiger partial charge in [-0.05, 0) is 18.4 Å². The molecule has 13 heavy (non-hydrogen) atoms. The highest BCUT2D eigenvalue weighted by molar-refractivity contribution is 7.98. The number of fused-ring (bicyclic) bond motifs is 1. The maximum absolute atomic E-state index is 4.47. The number of nitrogens with one attached hydrogen (secondary N) is 1. The number of nitrogens with zero attached hydrogens (tertiary/aromatic N) is 2. The van der Waals surface area contributed by atoms with Crippen molar-refractivity contribution in [2.45, 2.75) is 5.16 Å². The van der Waals surface area contributed by atoms with Crippen molar-refractivity contribution in [3.63, 3.8) is 0 Å². The highest BCUT2D eigenvalue weighted by atomic mass is 32.2. The predicted octanol–water partition coefficient (Wildman–Crippen LogP) is 1.93. The van der Waals surface area contributed by atoms with Crippen molar-refractivity contribution < 1.29 is 0 Å². The van der Waals surface area contributed by atoms with E-state index in [2.05, 4.69) is 16.5 Å². The van der Waals surface area contributed by atoms with Gasteiger partial charge in [0.2, 0.25) is 0 Å². The van der Waals surface area contributed by atoms with Crippen LogP contribution in [0.3, 0.4) is 0 Å². The van der Waals surface area contributed by atoms with E-state index in [0.29, 0.717) is 0 Å². The summed E-state index contributed by atoms with van der Waals surface area (Å²) in [5.41, 5.74) is 5.25. The second-order valence-corrected chi connectivity index (χ2v) is 3.42. The lowest BCUT2D eigenvalue weighted by atomic mass is 10.3. The molecule has 0 aliphatic rings. The smallest absolute Gasteiger partial charge is 0.187 e. The van der Waals surface area contributed by atoms with Crippen LogP contribution >= 0.6 is 11.8 Å². The average Bonchev–Trinajstić information content (AvgIpc) is 2.55. The molecule has 0 aliphatic carbocycles. The minimum absolute atomic E-state index is 0.990. The van der Waals surface area contributed by atoms with E-state index in [0.717, 1.165) is 16.2 Å². The van der Waals surface area contributed by atoms with Gasteiger partial charge < -0.3 is 5.43 Å². The molecule has 1 aromatic heterocycles. The Morgan fingerprint density at radius 1 is 1.38 bits per heavy atom. The Morgan fingerprint density at radius 3 is 2.85 bits per heavy atom. The molecule has 3 nitrogen and oxygen atoms in total.